The number of halogens is 1. The molecule has 0 bridgehead atoms. The highest BCUT2D eigenvalue weighted by Crippen LogP contribution is 2.21. The first-order valence-corrected chi connectivity index (χ1v) is 8.57. The largest absolute Gasteiger partial charge is 0.309 e. The summed E-state index contributed by atoms with van der Waals surface area (Å²) in [6.07, 6.45) is 1.22. The van der Waals surface area contributed by atoms with Crippen molar-refractivity contribution in [2.45, 2.75) is 53.2 Å². The van der Waals surface area contributed by atoms with Gasteiger partial charge in [0, 0.05) is 19.1 Å². The van der Waals surface area contributed by atoms with Crippen molar-refractivity contribution >= 4 is 27.7 Å². The van der Waals surface area contributed by atoms with Crippen LogP contribution in [0.1, 0.15) is 38.6 Å². The van der Waals surface area contributed by atoms with Gasteiger partial charge in [-0.05, 0) is 54.6 Å². The molecule has 0 aromatic carbocycles. The van der Waals surface area contributed by atoms with E-state index in [0.717, 1.165) is 23.3 Å². The first kappa shape index (κ1) is 16.1. The van der Waals surface area contributed by atoms with Gasteiger partial charge in [0.05, 0.1) is 15.9 Å². The van der Waals surface area contributed by atoms with Gasteiger partial charge in [-0.25, -0.2) is 0 Å². The molecule has 0 radical (unpaired) electrons. The average Bonchev–Trinajstić information content (AvgIpc) is 2.63. The van der Waals surface area contributed by atoms with E-state index in [1.54, 1.807) is 0 Å². The zero-order valence-electron chi connectivity index (χ0n) is 11.8. The lowest BCUT2D eigenvalue weighted by Gasteiger charge is -2.14. The van der Waals surface area contributed by atoms with Gasteiger partial charge in [0.1, 0.15) is 0 Å². The molecule has 104 valence electrons. The summed E-state index contributed by atoms with van der Waals surface area (Å²) < 4.78 is 3.21. The standard InChI is InChI=1S/C13H24BrN3S/c1-5-17-12(13(14)11(4)16-17)9-15-10(3)7-8-18-6-2/h10,15H,5-9H2,1-4H3. The second-order valence-electron chi connectivity index (χ2n) is 4.43. The van der Waals surface area contributed by atoms with Gasteiger partial charge in [-0.15, -0.1) is 0 Å². The van der Waals surface area contributed by atoms with Crippen molar-refractivity contribution in [1.82, 2.24) is 15.1 Å². The van der Waals surface area contributed by atoms with Crippen LogP contribution in [0.4, 0.5) is 0 Å². The summed E-state index contributed by atoms with van der Waals surface area (Å²) >= 11 is 5.63. The van der Waals surface area contributed by atoms with E-state index in [1.165, 1.54) is 23.6 Å². The Bertz CT molecular complexity index is 365. The summed E-state index contributed by atoms with van der Waals surface area (Å²) in [4.78, 5) is 0. The molecule has 1 unspecified atom stereocenters. The van der Waals surface area contributed by atoms with E-state index in [2.05, 4.69) is 51.8 Å². The van der Waals surface area contributed by atoms with Crippen LogP contribution in [0.25, 0.3) is 0 Å². The Labute approximate surface area is 123 Å². The summed E-state index contributed by atoms with van der Waals surface area (Å²) in [5, 5.41) is 8.09. The lowest BCUT2D eigenvalue weighted by atomic mass is 10.2. The molecule has 0 saturated heterocycles. The maximum absolute atomic E-state index is 4.51. The summed E-state index contributed by atoms with van der Waals surface area (Å²) in [5.74, 6) is 2.44. The van der Waals surface area contributed by atoms with Crippen molar-refractivity contribution in [3.8, 4) is 0 Å². The van der Waals surface area contributed by atoms with Crippen LogP contribution in [0.5, 0.6) is 0 Å². The van der Waals surface area contributed by atoms with Crippen LogP contribution in [0, 0.1) is 6.92 Å². The van der Waals surface area contributed by atoms with Crippen LogP contribution in [-0.2, 0) is 13.1 Å². The van der Waals surface area contributed by atoms with Crippen LogP contribution in [-0.4, -0.2) is 27.3 Å². The van der Waals surface area contributed by atoms with Gasteiger partial charge in [0.2, 0.25) is 0 Å². The first-order chi connectivity index (χ1) is 8.60. The Kier molecular flexibility index (Phi) is 7.34. The molecule has 1 aromatic rings. The molecule has 0 saturated carbocycles. The van der Waals surface area contributed by atoms with Crippen LogP contribution in [0.15, 0.2) is 4.47 Å². The average molecular weight is 334 g/mol. The third kappa shape index (κ3) is 4.59. The van der Waals surface area contributed by atoms with Crippen molar-refractivity contribution in [2.24, 2.45) is 0 Å². The number of rotatable bonds is 8. The Hall–Kier alpha value is 0. The topological polar surface area (TPSA) is 29.9 Å². The van der Waals surface area contributed by atoms with Gasteiger partial charge in [-0.1, -0.05) is 6.92 Å². The van der Waals surface area contributed by atoms with Crippen LogP contribution in [0.3, 0.4) is 0 Å². The molecule has 0 aliphatic heterocycles. The van der Waals surface area contributed by atoms with Crippen LogP contribution in [0.2, 0.25) is 0 Å². The van der Waals surface area contributed by atoms with Crippen LogP contribution < -0.4 is 5.32 Å². The van der Waals surface area contributed by atoms with Crippen LogP contribution >= 0.6 is 27.7 Å². The molecule has 1 heterocycles. The Morgan fingerprint density at radius 1 is 1.44 bits per heavy atom. The Morgan fingerprint density at radius 2 is 2.17 bits per heavy atom. The molecular weight excluding hydrogens is 310 g/mol. The molecule has 0 aliphatic rings. The van der Waals surface area contributed by atoms with Crippen molar-refractivity contribution in [3.63, 3.8) is 0 Å². The molecular formula is C13H24BrN3S. The molecule has 0 spiro atoms. The van der Waals surface area contributed by atoms with Crippen molar-refractivity contribution in [2.75, 3.05) is 11.5 Å². The number of hydrogen-bond acceptors (Lipinski definition) is 3. The summed E-state index contributed by atoms with van der Waals surface area (Å²) in [6, 6.07) is 0.552. The Balaban J connectivity index is 2.47. The smallest absolute Gasteiger partial charge is 0.0739 e. The molecule has 0 amide bonds. The summed E-state index contributed by atoms with van der Waals surface area (Å²) in [7, 11) is 0. The van der Waals surface area contributed by atoms with Gasteiger partial charge in [-0.3, -0.25) is 4.68 Å². The third-order valence-corrected chi connectivity index (χ3v) is 4.93. The van der Waals surface area contributed by atoms with E-state index >= 15 is 0 Å². The highest BCUT2D eigenvalue weighted by Gasteiger charge is 2.12. The number of hydrogen-bond donors (Lipinski definition) is 1. The van der Waals surface area contributed by atoms with Gasteiger partial charge in [-0.2, -0.15) is 16.9 Å². The quantitative estimate of drug-likeness (QED) is 0.737. The maximum Gasteiger partial charge on any atom is 0.0739 e. The Morgan fingerprint density at radius 3 is 2.78 bits per heavy atom. The molecule has 1 N–H and O–H groups in total. The van der Waals surface area contributed by atoms with Crippen molar-refractivity contribution in [3.05, 3.63) is 15.9 Å². The minimum absolute atomic E-state index is 0.552. The molecule has 3 nitrogen and oxygen atoms in total. The van der Waals surface area contributed by atoms with E-state index in [4.69, 9.17) is 0 Å². The molecule has 0 aliphatic carbocycles. The summed E-state index contributed by atoms with van der Waals surface area (Å²) in [6.45, 7) is 10.4. The van der Waals surface area contributed by atoms with E-state index in [1.807, 2.05) is 18.7 Å². The molecule has 0 fully saturated rings. The lowest BCUT2D eigenvalue weighted by Crippen LogP contribution is -2.27. The predicted octanol–water partition coefficient (Wildman–Crippen LogP) is 3.60. The fourth-order valence-corrected chi connectivity index (χ4v) is 3.05. The van der Waals surface area contributed by atoms with E-state index < -0.39 is 0 Å². The van der Waals surface area contributed by atoms with E-state index in [-0.39, 0.29) is 0 Å². The number of thioether (sulfide) groups is 1. The fourth-order valence-electron chi connectivity index (χ4n) is 1.82. The normalized spacial score (nSPS) is 12.9. The molecule has 1 atom stereocenters. The molecule has 1 rings (SSSR count). The first-order valence-electron chi connectivity index (χ1n) is 6.63. The minimum atomic E-state index is 0.552. The SMILES string of the molecule is CCSCCC(C)NCc1c(Br)c(C)nn1CC. The summed E-state index contributed by atoms with van der Waals surface area (Å²) in [5.41, 5.74) is 2.33. The van der Waals surface area contributed by atoms with E-state index in [9.17, 15) is 0 Å². The second kappa shape index (κ2) is 8.23. The zero-order valence-corrected chi connectivity index (χ0v) is 14.2. The third-order valence-electron chi connectivity index (χ3n) is 2.97. The molecule has 1 aromatic heterocycles. The van der Waals surface area contributed by atoms with E-state index in [0.29, 0.717) is 6.04 Å². The monoisotopic (exact) mass is 333 g/mol. The number of aryl methyl sites for hydroxylation is 2. The highest BCUT2D eigenvalue weighted by molar-refractivity contribution is 9.10. The maximum atomic E-state index is 4.51. The molecule has 5 heteroatoms. The zero-order chi connectivity index (χ0) is 13.5. The second-order valence-corrected chi connectivity index (χ2v) is 6.62. The van der Waals surface area contributed by atoms with Crippen molar-refractivity contribution in [1.29, 1.82) is 0 Å². The van der Waals surface area contributed by atoms with Gasteiger partial charge < -0.3 is 5.32 Å². The van der Waals surface area contributed by atoms with Crippen molar-refractivity contribution < 1.29 is 0 Å². The lowest BCUT2D eigenvalue weighted by molar-refractivity contribution is 0.507. The number of nitrogens with one attached hydrogen (secondary N) is 1. The van der Waals surface area contributed by atoms with Gasteiger partial charge in [0.15, 0.2) is 0 Å². The van der Waals surface area contributed by atoms with Gasteiger partial charge in [0.25, 0.3) is 0 Å². The molecule has 18 heavy (non-hydrogen) atoms. The number of aromatic nitrogens is 2. The fraction of sp³-hybridized carbons (Fsp3) is 0.769. The highest BCUT2D eigenvalue weighted by atomic mass is 79.9. The predicted molar refractivity (Wildman–Crippen MR) is 84.3 cm³/mol. The minimum Gasteiger partial charge on any atom is -0.309 e. The van der Waals surface area contributed by atoms with Gasteiger partial charge >= 0.3 is 0 Å². The number of nitrogens with zero attached hydrogens (tertiary/aromatic N) is 2.